The topological polar surface area (TPSA) is 134 Å². The third kappa shape index (κ3) is 13.0. The molecule has 0 saturated carbocycles. The fraction of sp³-hybridized carbons (Fsp3) is 0.483. The first-order valence-electron chi connectivity index (χ1n) is 13.4. The van der Waals surface area contributed by atoms with Crippen molar-refractivity contribution in [3.8, 4) is 0 Å². The van der Waals surface area contributed by atoms with Crippen molar-refractivity contribution in [2.24, 2.45) is 0 Å². The van der Waals surface area contributed by atoms with Crippen LogP contribution in [-0.4, -0.2) is 77.2 Å². The molecule has 0 aromatic heterocycles. The lowest BCUT2D eigenvalue weighted by molar-refractivity contribution is -0.147. The van der Waals surface area contributed by atoms with Crippen molar-refractivity contribution in [1.29, 1.82) is 0 Å². The van der Waals surface area contributed by atoms with E-state index >= 15 is 0 Å². The van der Waals surface area contributed by atoms with Crippen LogP contribution in [0.15, 0.2) is 46.2 Å². The van der Waals surface area contributed by atoms with Crippen LogP contribution in [0.2, 0.25) is 10.0 Å². The average molecular weight is 662 g/mol. The summed E-state index contributed by atoms with van der Waals surface area (Å²) in [5.41, 5.74) is 0.497. The molecule has 2 aromatic rings. The lowest BCUT2D eigenvalue weighted by atomic mass is 10.0. The van der Waals surface area contributed by atoms with Crippen LogP contribution in [-0.2, 0) is 31.9 Å². The highest BCUT2D eigenvalue weighted by Crippen LogP contribution is 2.28. The molecular weight excluding hydrogens is 623 g/mol. The van der Waals surface area contributed by atoms with Crippen molar-refractivity contribution in [3.05, 3.63) is 57.6 Å². The summed E-state index contributed by atoms with van der Waals surface area (Å²) in [5, 5.41) is 24.7. The Balaban J connectivity index is 2.40. The highest BCUT2D eigenvalue weighted by atomic mass is 35.5. The fourth-order valence-electron chi connectivity index (χ4n) is 3.75. The summed E-state index contributed by atoms with van der Waals surface area (Å²) in [6.07, 6.45) is -0.686. The van der Waals surface area contributed by atoms with Gasteiger partial charge in [-0.3, -0.25) is 4.79 Å². The molecule has 2 aromatic carbocycles. The summed E-state index contributed by atoms with van der Waals surface area (Å²) in [5.74, 6) is -0.329. The van der Waals surface area contributed by atoms with Gasteiger partial charge in [-0.1, -0.05) is 29.3 Å². The lowest BCUT2D eigenvalue weighted by Crippen LogP contribution is -2.54. The van der Waals surface area contributed by atoms with Crippen molar-refractivity contribution in [1.82, 2.24) is 10.6 Å². The molecule has 0 saturated heterocycles. The zero-order valence-corrected chi connectivity index (χ0v) is 27.2. The Morgan fingerprint density at radius 2 is 1.52 bits per heavy atom. The standard InChI is InChI=1S/C29H38Cl2N2O7S2/c1-5-39-27(37)25(15-19-6-7-20(30)16-23(19)31)32-26(36)24(33-28(38)40-29(2,3)4)14-18-12-21(41-10-8-34)17-22(13-18)42-11-9-35/h6-7,12-13,16-17,24-25,34-35H,5,8-11,14-15H2,1-4H3,(H,32,36)(H,33,38)/t24-,25-/m0/s1. The van der Waals surface area contributed by atoms with Crippen molar-refractivity contribution < 1.29 is 34.1 Å². The predicted molar refractivity (Wildman–Crippen MR) is 168 cm³/mol. The van der Waals surface area contributed by atoms with Gasteiger partial charge in [-0.15, -0.1) is 23.5 Å². The molecule has 232 valence electrons. The number of nitrogens with one attached hydrogen (secondary N) is 2. The number of carbonyl (C=O) groups is 3. The lowest BCUT2D eigenvalue weighted by Gasteiger charge is -2.25. The number of esters is 1. The second-order valence-electron chi connectivity index (χ2n) is 10.1. The van der Waals surface area contributed by atoms with Gasteiger partial charge in [0.2, 0.25) is 5.91 Å². The molecule has 0 aliphatic rings. The number of amides is 2. The van der Waals surface area contributed by atoms with Gasteiger partial charge in [0.05, 0.1) is 19.8 Å². The van der Waals surface area contributed by atoms with Crippen LogP contribution in [0.3, 0.4) is 0 Å². The first kappa shape index (κ1) is 36.0. The number of aliphatic hydroxyl groups excluding tert-OH is 2. The molecule has 0 aliphatic carbocycles. The first-order chi connectivity index (χ1) is 19.8. The van der Waals surface area contributed by atoms with Gasteiger partial charge in [-0.25, -0.2) is 9.59 Å². The van der Waals surface area contributed by atoms with E-state index in [0.29, 0.717) is 27.1 Å². The summed E-state index contributed by atoms with van der Waals surface area (Å²) < 4.78 is 10.6. The number of ether oxygens (including phenoxy) is 2. The number of hydrogen-bond donors (Lipinski definition) is 4. The van der Waals surface area contributed by atoms with E-state index in [-0.39, 0.29) is 32.7 Å². The van der Waals surface area contributed by atoms with Gasteiger partial charge in [0, 0.05) is 44.2 Å². The van der Waals surface area contributed by atoms with E-state index in [9.17, 15) is 24.6 Å². The number of halogens is 2. The third-order valence-electron chi connectivity index (χ3n) is 5.43. The normalized spacial score (nSPS) is 12.8. The monoisotopic (exact) mass is 660 g/mol. The van der Waals surface area contributed by atoms with Gasteiger partial charge in [-0.2, -0.15) is 0 Å². The maximum absolute atomic E-state index is 13.7. The summed E-state index contributed by atoms with van der Waals surface area (Å²) in [6.45, 7) is 6.87. The third-order valence-corrected chi connectivity index (χ3v) is 7.93. The quantitative estimate of drug-likeness (QED) is 0.156. The maximum atomic E-state index is 13.7. The molecule has 2 amide bonds. The van der Waals surface area contributed by atoms with Crippen molar-refractivity contribution in [2.45, 2.75) is 68.0 Å². The van der Waals surface area contributed by atoms with Crippen LogP contribution in [0, 0.1) is 0 Å². The molecule has 42 heavy (non-hydrogen) atoms. The van der Waals surface area contributed by atoms with Crippen LogP contribution in [0.4, 0.5) is 4.79 Å². The Morgan fingerprint density at radius 1 is 0.905 bits per heavy atom. The molecule has 0 aliphatic heterocycles. The van der Waals surface area contributed by atoms with Crippen LogP contribution in [0.5, 0.6) is 0 Å². The van der Waals surface area contributed by atoms with Crippen molar-refractivity contribution >= 4 is 64.7 Å². The highest BCUT2D eigenvalue weighted by Gasteiger charge is 2.30. The minimum absolute atomic E-state index is 0.00781. The van der Waals surface area contributed by atoms with Crippen molar-refractivity contribution in [3.63, 3.8) is 0 Å². The van der Waals surface area contributed by atoms with Crippen molar-refractivity contribution in [2.75, 3.05) is 31.3 Å². The molecule has 2 atom stereocenters. The van der Waals surface area contributed by atoms with E-state index in [1.807, 2.05) is 18.2 Å². The van der Waals surface area contributed by atoms with Gasteiger partial charge in [-0.05, 0) is 69.2 Å². The first-order valence-corrected chi connectivity index (χ1v) is 16.1. The van der Waals surface area contributed by atoms with E-state index in [1.54, 1.807) is 45.9 Å². The Labute approximate surface area is 265 Å². The van der Waals surface area contributed by atoms with E-state index < -0.39 is 35.7 Å². The zero-order chi connectivity index (χ0) is 31.3. The molecule has 0 radical (unpaired) electrons. The minimum Gasteiger partial charge on any atom is -0.464 e. The van der Waals surface area contributed by atoms with E-state index in [0.717, 1.165) is 15.4 Å². The molecule has 13 heteroatoms. The number of benzene rings is 2. The van der Waals surface area contributed by atoms with Gasteiger partial charge in [0.25, 0.3) is 0 Å². The predicted octanol–water partition coefficient (Wildman–Crippen LogP) is 4.89. The number of alkyl carbamates (subject to hydrolysis) is 1. The summed E-state index contributed by atoms with van der Waals surface area (Å²) in [7, 11) is 0. The Morgan fingerprint density at radius 3 is 2.05 bits per heavy atom. The van der Waals surface area contributed by atoms with Crippen LogP contribution < -0.4 is 10.6 Å². The summed E-state index contributed by atoms with van der Waals surface area (Å²) >= 11 is 15.2. The number of hydrogen-bond acceptors (Lipinski definition) is 9. The van der Waals surface area contributed by atoms with E-state index in [2.05, 4.69) is 10.6 Å². The van der Waals surface area contributed by atoms with Gasteiger partial charge in [0.1, 0.15) is 17.7 Å². The number of thioether (sulfide) groups is 2. The largest absolute Gasteiger partial charge is 0.464 e. The Kier molecular flexibility index (Phi) is 15.3. The number of carbonyl (C=O) groups excluding carboxylic acids is 3. The molecule has 9 nitrogen and oxygen atoms in total. The summed E-state index contributed by atoms with van der Waals surface area (Å²) in [6, 6.07) is 8.31. The molecule has 4 N–H and O–H groups in total. The number of rotatable bonds is 15. The molecule has 0 fully saturated rings. The Bertz CT molecular complexity index is 1180. The van der Waals surface area contributed by atoms with E-state index in [4.69, 9.17) is 32.7 Å². The Hall–Kier alpha value is -2.15. The molecule has 0 bridgehead atoms. The van der Waals surface area contributed by atoms with Crippen LogP contribution in [0.1, 0.15) is 38.8 Å². The molecule has 0 spiro atoms. The van der Waals surface area contributed by atoms with Gasteiger partial charge >= 0.3 is 12.1 Å². The molecular formula is C29H38Cl2N2O7S2. The van der Waals surface area contributed by atoms with E-state index in [1.165, 1.54) is 23.5 Å². The molecule has 0 heterocycles. The summed E-state index contributed by atoms with van der Waals surface area (Å²) in [4.78, 5) is 41.1. The maximum Gasteiger partial charge on any atom is 0.408 e. The SMILES string of the molecule is CCOC(=O)[C@H](Cc1ccc(Cl)cc1Cl)NC(=O)[C@H](Cc1cc(SCCO)cc(SCCO)c1)NC(=O)OC(C)(C)C. The second-order valence-corrected chi connectivity index (χ2v) is 13.3. The van der Waals surface area contributed by atoms with Crippen LogP contribution in [0.25, 0.3) is 0 Å². The number of aliphatic hydroxyl groups is 2. The fourth-order valence-corrected chi connectivity index (χ4v) is 5.86. The smallest absolute Gasteiger partial charge is 0.408 e. The second kappa shape index (κ2) is 17.8. The van der Waals surface area contributed by atoms with Gasteiger partial charge < -0.3 is 30.3 Å². The minimum atomic E-state index is -1.12. The molecule has 2 rings (SSSR count). The highest BCUT2D eigenvalue weighted by molar-refractivity contribution is 8.00. The molecule has 0 unspecified atom stereocenters. The average Bonchev–Trinajstić information content (AvgIpc) is 2.90. The van der Waals surface area contributed by atoms with Crippen LogP contribution >= 0.6 is 46.7 Å². The van der Waals surface area contributed by atoms with Gasteiger partial charge in [0.15, 0.2) is 0 Å². The zero-order valence-electron chi connectivity index (χ0n) is 24.1.